The largest absolute Gasteiger partial charge is 0.473 e. The molecule has 1 aromatic heterocycles. The quantitative estimate of drug-likeness (QED) is 0.740. The van der Waals surface area contributed by atoms with E-state index in [1.807, 2.05) is 0 Å². The second-order valence-electron chi connectivity index (χ2n) is 5.47. The monoisotopic (exact) mass is 430 g/mol. The van der Waals surface area contributed by atoms with E-state index in [0.29, 0.717) is 41.7 Å². The molecule has 1 saturated heterocycles. The van der Waals surface area contributed by atoms with Gasteiger partial charge in [-0.3, -0.25) is 0 Å². The highest BCUT2D eigenvalue weighted by Gasteiger charge is 2.30. The normalized spacial score (nSPS) is 16.9. The average Bonchev–Trinajstić information content (AvgIpc) is 2.58. The van der Waals surface area contributed by atoms with Gasteiger partial charge in [-0.05, 0) is 49.2 Å². The molecule has 1 fully saturated rings. The molecule has 0 N–H and O–H groups in total. The standard InChI is InChI=1S/C16H16BrClN2O3S/c17-12-3-5-14(6-4-12)24(21,22)20-10-7-13(8-11-20)23-16-15(18)2-1-9-19-16/h1-6,9,13H,7-8,10-11H2. The third kappa shape index (κ3) is 3.91. The number of hydrogen-bond acceptors (Lipinski definition) is 4. The maximum absolute atomic E-state index is 12.7. The lowest BCUT2D eigenvalue weighted by Crippen LogP contribution is -2.41. The van der Waals surface area contributed by atoms with Crippen molar-refractivity contribution in [1.82, 2.24) is 9.29 Å². The molecule has 0 radical (unpaired) electrons. The van der Waals surface area contributed by atoms with Gasteiger partial charge >= 0.3 is 0 Å². The Hall–Kier alpha value is -1.15. The molecule has 1 aliphatic rings. The lowest BCUT2D eigenvalue weighted by Gasteiger charge is -2.31. The highest BCUT2D eigenvalue weighted by molar-refractivity contribution is 9.10. The highest BCUT2D eigenvalue weighted by atomic mass is 79.9. The highest BCUT2D eigenvalue weighted by Crippen LogP contribution is 2.26. The first-order chi connectivity index (χ1) is 11.5. The van der Waals surface area contributed by atoms with Crippen LogP contribution in [0.4, 0.5) is 0 Å². The SMILES string of the molecule is O=S(=O)(c1ccc(Br)cc1)N1CCC(Oc2ncccc2Cl)CC1. The van der Waals surface area contributed by atoms with Crippen LogP contribution in [-0.4, -0.2) is 36.9 Å². The van der Waals surface area contributed by atoms with Gasteiger partial charge in [0.15, 0.2) is 0 Å². The number of hydrogen-bond donors (Lipinski definition) is 0. The van der Waals surface area contributed by atoms with Crippen molar-refractivity contribution >= 4 is 37.6 Å². The molecule has 3 rings (SSSR count). The van der Waals surface area contributed by atoms with Crippen LogP contribution in [0.15, 0.2) is 52.0 Å². The van der Waals surface area contributed by atoms with Crippen LogP contribution in [0.5, 0.6) is 5.88 Å². The molecule has 24 heavy (non-hydrogen) atoms. The second kappa shape index (κ2) is 7.39. The summed E-state index contributed by atoms with van der Waals surface area (Å²) in [5.74, 6) is 0.397. The van der Waals surface area contributed by atoms with E-state index < -0.39 is 10.0 Å². The van der Waals surface area contributed by atoms with Gasteiger partial charge in [0.1, 0.15) is 11.1 Å². The Labute approximate surface area is 154 Å². The first-order valence-corrected chi connectivity index (χ1v) is 10.1. The van der Waals surface area contributed by atoms with Gasteiger partial charge in [-0.15, -0.1) is 0 Å². The van der Waals surface area contributed by atoms with Crippen LogP contribution in [0.1, 0.15) is 12.8 Å². The fourth-order valence-corrected chi connectivity index (χ4v) is 4.46. The van der Waals surface area contributed by atoms with Crippen molar-refractivity contribution in [2.45, 2.75) is 23.8 Å². The summed E-state index contributed by atoms with van der Waals surface area (Å²) < 4.78 is 33.4. The number of sulfonamides is 1. The van der Waals surface area contributed by atoms with Gasteiger partial charge in [0, 0.05) is 23.8 Å². The van der Waals surface area contributed by atoms with E-state index in [4.69, 9.17) is 16.3 Å². The lowest BCUT2D eigenvalue weighted by atomic mass is 10.1. The van der Waals surface area contributed by atoms with Crippen molar-refractivity contribution in [3.63, 3.8) is 0 Å². The smallest absolute Gasteiger partial charge is 0.243 e. The first kappa shape index (κ1) is 17.7. The summed E-state index contributed by atoms with van der Waals surface area (Å²) in [5.41, 5.74) is 0. The van der Waals surface area contributed by atoms with Crippen LogP contribution >= 0.6 is 27.5 Å². The summed E-state index contributed by atoms with van der Waals surface area (Å²) in [5, 5.41) is 0.461. The van der Waals surface area contributed by atoms with Gasteiger partial charge in [-0.2, -0.15) is 4.31 Å². The Balaban J connectivity index is 1.64. The molecule has 2 aromatic rings. The predicted octanol–water partition coefficient (Wildman–Crippen LogP) is 3.73. The molecular weight excluding hydrogens is 416 g/mol. The molecule has 0 aliphatic carbocycles. The summed E-state index contributed by atoms with van der Waals surface area (Å²) in [6.07, 6.45) is 2.73. The van der Waals surface area contributed by atoms with E-state index in [-0.39, 0.29) is 6.10 Å². The van der Waals surface area contributed by atoms with Crippen LogP contribution in [0, 0.1) is 0 Å². The number of benzene rings is 1. The van der Waals surface area contributed by atoms with Crippen molar-refractivity contribution < 1.29 is 13.2 Å². The Kier molecular flexibility index (Phi) is 5.44. The van der Waals surface area contributed by atoms with E-state index in [1.165, 1.54) is 4.31 Å². The number of nitrogens with zero attached hydrogens (tertiary/aromatic N) is 2. The van der Waals surface area contributed by atoms with Gasteiger partial charge < -0.3 is 4.74 Å². The van der Waals surface area contributed by atoms with Gasteiger partial charge in [0.25, 0.3) is 0 Å². The Morgan fingerprint density at radius 2 is 1.83 bits per heavy atom. The Morgan fingerprint density at radius 1 is 1.17 bits per heavy atom. The summed E-state index contributed by atoms with van der Waals surface area (Å²) in [6.45, 7) is 0.820. The molecule has 1 aromatic carbocycles. The first-order valence-electron chi connectivity index (χ1n) is 7.50. The zero-order valence-electron chi connectivity index (χ0n) is 12.7. The summed E-state index contributed by atoms with van der Waals surface area (Å²) in [6, 6.07) is 10.1. The van der Waals surface area contributed by atoms with Crippen LogP contribution in [0.3, 0.4) is 0 Å². The van der Waals surface area contributed by atoms with E-state index in [9.17, 15) is 8.42 Å². The fourth-order valence-electron chi connectivity index (χ4n) is 2.56. The molecule has 8 heteroatoms. The lowest BCUT2D eigenvalue weighted by molar-refractivity contribution is 0.130. The topological polar surface area (TPSA) is 59.5 Å². The molecular formula is C16H16BrClN2O3S. The third-order valence-electron chi connectivity index (χ3n) is 3.86. The van der Waals surface area contributed by atoms with Crippen LogP contribution < -0.4 is 4.74 Å². The zero-order chi connectivity index (χ0) is 17.2. The van der Waals surface area contributed by atoms with Crippen LogP contribution in [-0.2, 0) is 10.0 Å². The molecule has 0 atom stereocenters. The number of rotatable bonds is 4. The van der Waals surface area contributed by atoms with Gasteiger partial charge in [0.05, 0.1) is 4.90 Å². The second-order valence-corrected chi connectivity index (χ2v) is 8.73. The minimum Gasteiger partial charge on any atom is -0.473 e. The van der Waals surface area contributed by atoms with Gasteiger partial charge in [-0.1, -0.05) is 27.5 Å². The molecule has 128 valence electrons. The van der Waals surface area contributed by atoms with Crippen molar-refractivity contribution in [3.05, 3.63) is 52.1 Å². The molecule has 1 aliphatic heterocycles. The predicted molar refractivity (Wildman–Crippen MR) is 95.8 cm³/mol. The van der Waals surface area contributed by atoms with Crippen LogP contribution in [0.2, 0.25) is 5.02 Å². The number of piperidine rings is 1. The van der Waals surface area contributed by atoms with Crippen LogP contribution in [0.25, 0.3) is 0 Å². The number of pyridine rings is 1. The zero-order valence-corrected chi connectivity index (χ0v) is 15.9. The van der Waals surface area contributed by atoms with Crippen molar-refractivity contribution in [1.29, 1.82) is 0 Å². The Morgan fingerprint density at radius 3 is 2.46 bits per heavy atom. The molecule has 0 saturated carbocycles. The molecule has 0 spiro atoms. The average molecular weight is 432 g/mol. The number of ether oxygens (including phenoxy) is 1. The minimum absolute atomic E-state index is 0.0891. The maximum atomic E-state index is 12.7. The van der Waals surface area contributed by atoms with E-state index in [2.05, 4.69) is 20.9 Å². The van der Waals surface area contributed by atoms with Gasteiger partial charge in [-0.25, -0.2) is 13.4 Å². The van der Waals surface area contributed by atoms with Gasteiger partial charge in [0.2, 0.25) is 15.9 Å². The van der Waals surface area contributed by atoms with Crippen molar-refractivity contribution in [2.75, 3.05) is 13.1 Å². The third-order valence-corrected chi connectivity index (χ3v) is 6.58. The molecule has 0 bridgehead atoms. The molecule has 2 heterocycles. The molecule has 5 nitrogen and oxygen atoms in total. The minimum atomic E-state index is -3.47. The maximum Gasteiger partial charge on any atom is 0.243 e. The summed E-state index contributed by atoms with van der Waals surface area (Å²) >= 11 is 9.35. The van der Waals surface area contributed by atoms with E-state index in [1.54, 1.807) is 42.6 Å². The fraction of sp³-hybridized carbons (Fsp3) is 0.312. The van der Waals surface area contributed by atoms with Crippen molar-refractivity contribution in [2.24, 2.45) is 0 Å². The molecule has 0 amide bonds. The van der Waals surface area contributed by atoms with E-state index in [0.717, 1.165) is 4.47 Å². The summed E-state index contributed by atoms with van der Waals surface area (Å²) in [7, 11) is -3.47. The van der Waals surface area contributed by atoms with E-state index >= 15 is 0 Å². The number of halogens is 2. The number of aromatic nitrogens is 1. The van der Waals surface area contributed by atoms with Crippen molar-refractivity contribution in [3.8, 4) is 5.88 Å². The molecule has 0 unspecified atom stereocenters. The Bertz CT molecular complexity index is 806. The summed E-state index contributed by atoms with van der Waals surface area (Å²) in [4.78, 5) is 4.41.